The highest BCUT2D eigenvalue weighted by molar-refractivity contribution is 7.89. The van der Waals surface area contributed by atoms with Gasteiger partial charge in [-0.3, -0.25) is 4.90 Å². The zero-order valence-electron chi connectivity index (χ0n) is 14.2. The number of likely N-dealkylation sites (tertiary alicyclic amines) is 1. The normalized spacial score (nSPS) is 23.4. The summed E-state index contributed by atoms with van der Waals surface area (Å²) in [5.74, 6) is 0. The highest BCUT2D eigenvalue weighted by Crippen LogP contribution is 2.49. The van der Waals surface area contributed by atoms with Gasteiger partial charge in [0.2, 0.25) is 10.0 Å². The number of hydrogen-bond donors (Lipinski definition) is 1. The van der Waals surface area contributed by atoms with Crippen molar-refractivity contribution < 1.29 is 12.8 Å². The number of furan rings is 1. The third-order valence-electron chi connectivity index (χ3n) is 5.86. The van der Waals surface area contributed by atoms with Crippen LogP contribution in [0.1, 0.15) is 31.2 Å². The summed E-state index contributed by atoms with van der Waals surface area (Å²) in [6, 6.07) is 10.7. The minimum absolute atomic E-state index is 0.0637. The van der Waals surface area contributed by atoms with Gasteiger partial charge in [-0.15, -0.1) is 0 Å². The average molecular weight is 360 g/mol. The maximum absolute atomic E-state index is 12.6. The van der Waals surface area contributed by atoms with Gasteiger partial charge in [-0.25, -0.2) is 13.1 Å². The number of nitrogens with one attached hydrogen (secondary N) is 1. The Balaban J connectivity index is 1.38. The van der Waals surface area contributed by atoms with Crippen LogP contribution >= 0.6 is 0 Å². The summed E-state index contributed by atoms with van der Waals surface area (Å²) in [4.78, 5) is 2.78. The molecule has 25 heavy (non-hydrogen) atoms. The van der Waals surface area contributed by atoms with E-state index in [0.717, 1.165) is 45.3 Å². The molecule has 1 aliphatic heterocycles. The fourth-order valence-electron chi connectivity index (χ4n) is 4.13. The van der Waals surface area contributed by atoms with E-state index in [0.29, 0.717) is 4.90 Å². The summed E-state index contributed by atoms with van der Waals surface area (Å²) < 4.78 is 33.3. The van der Waals surface area contributed by atoms with Crippen molar-refractivity contribution in [3.05, 3.63) is 54.5 Å². The molecular formula is C19H24N2O3S. The lowest BCUT2D eigenvalue weighted by atomic mass is 9.59. The van der Waals surface area contributed by atoms with E-state index in [9.17, 15) is 8.42 Å². The second-order valence-electron chi connectivity index (χ2n) is 7.30. The van der Waals surface area contributed by atoms with Crippen LogP contribution in [-0.2, 0) is 16.6 Å². The zero-order valence-corrected chi connectivity index (χ0v) is 15.0. The van der Waals surface area contributed by atoms with Gasteiger partial charge in [0.05, 0.1) is 17.4 Å². The molecule has 4 rings (SSSR count). The van der Waals surface area contributed by atoms with Crippen molar-refractivity contribution >= 4 is 10.0 Å². The van der Waals surface area contributed by atoms with Gasteiger partial charge in [-0.05, 0) is 62.4 Å². The average Bonchev–Trinajstić information content (AvgIpc) is 3.13. The molecule has 1 saturated carbocycles. The fourth-order valence-corrected chi connectivity index (χ4v) is 5.53. The van der Waals surface area contributed by atoms with Gasteiger partial charge in [0.1, 0.15) is 0 Å². The van der Waals surface area contributed by atoms with E-state index in [1.165, 1.54) is 5.56 Å². The molecule has 1 aliphatic carbocycles. The summed E-state index contributed by atoms with van der Waals surface area (Å²) in [6.45, 7) is 2.93. The lowest BCUT2D eigenvalue weighted by molar-refractivity contribution is 0.000664. The molecule has 2 aliphatic rings. The minimum atomic E-state index is -3.43. The Morgan fingerprint density at radius 1 is 1.12 bits per heavy atom. The van der Waals surface area contributed by atoms with E-state index < -0.39 is 10.0 Å². The molecule has 1 aromatic heterocycles. The summed E-state index contributed by atoms with van der Waals surface area (Å²) in [6.07, 6.45) is 7.66. The highest BCUT2D eigenvalue weighted by Gasteiger charge is 2.49. The lowest BCUT2D eigenvalue weighted by Crippen LogP contribution is -2.58. The molecule has 2 heterocycles. The third-order valence-corrected chi connectivity index (χ3v) is 7.35. The number of sulfonamides is 1. The summed E-state index contributed by atoms with van der Waals surface area (Å²) in [5.41, 5.74) is 1.33. The Labute approximate surface area is 149 Å². The number of benzene rings is 1. The van der Waals surface area contributed by atoms with Crippen LogP contribution in [0.5, 0.6) is 0 Å². The highest BCUT2D eigenvalue weighted by atomic mass is 32.2. The maximum Gasteiger partial charge on any atom is 0.240 e. The molecule has 0 amide bonds. The molecule has 5 nitrogen and oxygen atoms in total. The van der Waals surface area contributed by atoms with Gasteiger partial charge in [-0.2, -0.15) is 0 Å². The van der Waals surface area contributed by atoms with E-state index in [4.69, 9.17) is 4.42 Å². The van der Waals surface area contributed by atoms with Gasteiger partial charge < -0.3 is 4.42 Å². The molecule has 1 N–H and O–H groups in total. The second kappa shape index (κ2) is 6.59. The van der Waals surface area contributed by atoms with Crippen molar-refractivity contribution in [2.24, 2.45) is 5.41 Å². The Kier molecular flexibility index (Phi) is 4.43. The van der Waals surface area contributed by atoms with E-state index in [2.05, 4.69) is 9.62 Å². The first-order valence-corrected chi connectivity index (χ1v) is 10.4. The van der Waals surface area contributed by atoms with Crippen molar-refractivity contribution in [1.82, 2.24) is 9.62 Å². The van der Waals surface area contributed by atoms with Crippen LogP contribution in [-0.4, -0.2) is 32.4 Å². The van der Waals surface area contributed by atoms with Crippen molar-refractivity contribution in [2.45, 2.75) is 43.2 Å². The van der Waals surface area contributed by atoms with Gasteiger partial charge in [0, 0.05) is 18.2 Å². The van der Waals surface area contributed by atoms with Crippen molar-refractivity contribution in [3.8, 4) is 0 Å². The van der Waals surface area contributed by atoms with Crippen molar-refractivity contribution in [3.63, 3.8) is 0 Å². The predicted molar refractivity (Wildman–Crippen MR) is 95.4 cm³/mol. The molecule has 0 radical (unpaired) electrons. The molecule has 2 fully saturated rings. The molecule has 0 bridgehead atoms. The Morgan fingerprint density at radius 3 is 2.48 bits per heavy atom. The molecule has 134 valence electrons. The van der Waals surface area contributed by atoms with Gasteiger partial charge in [-0.1, -0.05) is 18.2 Å². The fraction of sp³-hybridized carbons (Fsp3) is 0.474. The Morgan fingerprint density at radius 2 is 1.88 bits per heavy atom. The largest absolute Gasteiger partial charge is 0.472 e. The van der Waals surface area contributed by atoms with E-state index in [1.54, 1.807) is 36.8 Å². The smallest absolute Gasteiger partial charge is 0.240 e. The van der Waals surface area contributed by atoms with Gasteiger partial charge in [0.15, 0.2) is 0 Å². The maximum atomic E-state index is 12.6. The molecule has 1 aromatic carbocycles. The molecule has 2 aromatic rings. The summed E-state index contributed by atoms with van der Waals surface area (Å²) in [7, 11) is -3.43. The van der Waals surface area contributed by atoms with Crippen LogP contribution in [0.3, 0.4) is 0 Å². The standard InChI is InChI=1S/C19H24N2O3S/c22-25(23,17-4-2-1-3-5-17)20-18-6-8-19(18)9-11-21(12-10-19)14-16-7-13-24-15-16/h1-5,7,13,15,18,20H,6,8-12,14H2/t18-/m0/s1. The molecular weight excluding hydrogens is 336 g/mol. The molecule has 1 saturated heterocycles. The molecule has 6 heteroatoms. The number of piperidine rings is 1. The molecule has 1 spiro atoms. The first kappa shape index (κ1) is 16.8. The first-order valence-electron chi connectivity index (χ1n) is 8.88. The lowest BCUT2D eigenvalue weighted by Gasteiger charge is -2.54. The zero-order chi connectivity index (χ0) is 17.3. The van der Waals surface area contributed by atoms with Crippen LogP contribution in [0.15, 0.2) is 58.2 Å². The third kappa shape index (κ3) is 3.38. The van der Waals surface area contributed by atoms with Gasteiger partial charge in [0.25, 0.3) is 0 Å². The molecule has 1 atom stereocenters. The molecule has 0 unspecified atom stereocenters. The Bertz CT molecular complexity index is 794. The van der Waals surface area contributed by atoms with Crippen molar-refractivity contribution in [1.29, 1.82) is 0 Å². The first-order chi connectivity index (χ1) is 12.1. The quantitative estimate of drug-likeness (QED) is 0.890. The SMILES string of the molecule is O=S(=O)(N[C@H]1CCC12CCN(Cc1ccoc1)CC2)c1ccccc1. The van der Waals surface area contributed by atoms with Crippen LogP contribution < -0.4 is 4.72 Å². The van der Waals surface area contributed by atoms with E-state index in [-0.39, 0.29) is 11.5 Å². The van der Waals surface area contributed by atoms with Crippen LogP contribution in [0.2, 0.25) is 0 Å². The Hall–Kier alpha value is -1.63. The summed E-state index contributed by atoms with van der Waals surface area (Å²) >= 11 is 0. The minimum Gasteiger partial charge on any atom is -0.472 e. The topological polar surface area (TPSA) is 62.6 Å². The summed E-state index contributed by atoms with van der Waals surface area (Å²) in [5, 5.41) is 0. The van der Waals surface area contributed by atoms with Gasteiger partial charge >= 0.3 is 0 Å². The van der Waals surface area contributed by atoms with Crippen molar-refractivity contribution in [2.75, 3.05) is 13.1 Å². The predicted octanol–water partition coefficient (Wildman–Crippen LogP) is 3.00. The van der Waals surface area contributed by atoms with Crippen LogP contribution in [0, 0.1) is 5.41 Å². The number of nitrogens with zero attached hydrogens (tertiary/aromatic N) is 1. The second-order valence-corrected chi connectivity index (χ2v) is 9.01. The van der Waals surface area contributed by atoms with E-state index in [1.807, 2.05) is 12.1 Å². The van der Waals surface area contributed by atoms with E-state index >= 15 is 0 Å². The van der Waals surface area contributed by atoms with Crippen LogP contribution in [0.25, 0.3) is 0 Å². The number of hydrogen-bond acceptors (Lipinski definition) is 4. The number of rotatable bonds is 5. The monoisotopic (exact) mass is 360 g/mol. The van der Waals surface area contributed by atoms with Crippen LogP contribution in [0.4, 0.5) is 0 Å².